The maximum absolute atomic E-state index is 12.9. The molecule has 1 aromatic carbocycles. The first-order valence-electron chi connectivity index (χ1n) is 7.54. The zero-order valence-corrected chi connectivity index (χ0v) is 13.2. The van der Waals surface area contributed by atoms with Crippen molar-refractivity contribution in [3.8, 4) is 0 Å². The van der Waals surface area contributed by atoms with Crippen molar-refractivity contribution in [2.75, 3.05) is 18.5 Å². The highest BCUT2D eigenvalue weighted by Gasteiger charge is 2.39. The Morgan fingerprint density at radius 2 is 2.04 bits per heavy atom. The van der Waals surface area contributed by atoms with E-state index in [4.69, 9.17) is 4.74 Å². The third-order valence-corrected chi connectivity index (χ3v) is 3.47. The Hall–Kier alpha value is -2.15. The Kier molecular flexibility index (Phi) is 5.54. The molecule has 0 spiro atoms. The second kappa shape index (κ2) is 7.41. The number of aliphatic hydroxyl groups is 1. The van der Waals surface area contributed by atoms with Gasteiger partial charge in [0.15, 0.2) is 0 Å². The van der Waals surface area contributed by atoms with E-state index in [1.165, 1.54) is 29.2 Å². The first kappa shape index (κ1) is 17.2. The van der Waals surface area contributed by atoms with Gasteiger partial charge < -0.3 is 15.2 Å². The zero-order valence-electron chi connectivity index (χ0n) is 13.2. The lowest BCUT2D eigenvalue weighted by Crippen LogP contribution is -2.43. The van der Waals surface area contributed by atoms with E-state index in [-0.39, 0.29) is 25.5 Å². The Morgan fingerprint density at radius 3 is 2.65 bits per heavy atom. The fourth-order valence-electron chi connectivity index (χ4n) is 2.34. The van der Waals surface area contributed by atoms with Gasteiger partial charge in [0.2, 0.25) is 5.91 Å². The first-order valence-corrected chi connectivity index (χ1v) is 7.54. The van der Waals surface area contributed by atoms with Crippen LogP contribution < -0.4 is 5.32 Å². The van der Waals surface area contributed by atoms with Crippen molar-refractivity contribution in [2.45, 2.75) is 32.4 Å². The van der Waals surface area contributed by atoms with Crippen LogP contribution in [0.15, 0.2) is 24.3 Å². The van der Waals surface area contributed by atoms with Gasteiger partial charge in [0, 0.05) is 12.1 Å². The fraction of sp³-hybridized carbons (Fsp3) is 0.500. The number of hydrogen-bond acceptors (Lipinski definition) is 4. The summed E-state index contributed by atoms with van der Waals surface area (Å²) >= 11 is 0. The van der Waals surface area contributed by atoms with Gasteiger partial charge in [0.05, 0.1) is 19.3 Å². The van der Waals surface area contributed by atoms with Crippen LogP contribution in [0.25, 0.3) is 0 Å². The number of β-amino-alcohol motifs (C(OH)–C–C–N with tert-alkyl or cyclic N) is 1. The molecule has 2 rings (SSSR count). The van der Waals surface area contributed by atoms with Gasteiger partial charge in [-0.25, -0.2) is 9.18 Å². The van der Waals surface area contributed by atoms with Crippen LogP contribution in [0.1, 0.15) is 20.3 Å². The van der Waals surface area contributed by atoms with Crippen LogP contribution in [0.2, 0.25) is 0 Å². The Morgan fingerprint density at radius 1 is 1.39 bits per heavy atom. The van der Waals surface area contributed by atoms with Gasteiger partial charge in [0.25, 0.3) is 0 Å². The number of ether oxygens (including phenoxy) is 1. The average Bonchev–Trinajstić information content (AvgIpc) is 2.89. The van der Waals surface area contributed by atoms with Crippen molar-refractivity contribution in [1.29, 1.82) is 0 Å². The Balaban J connectivity index is 2.01. The van der Waals surface area contributed by atoms with E-state index in [1.807, 2.05) is 13.8 Å². The van der Waals surface area contributed by atoms with Crippen LogP contribution >= 0.6 is 0 Å². The molecule has 126 valence electrons. The van der Waals surface area contributed by atoms with Crippen molar-refractivity contribution in [3.63, 3.8) is 0 Å². The van der Waals surface area contributed by atoms with E-state index in [0.29, 0.717) is 5.69 Å². The second-order valence-electron chi connectivity index (χ2n) is 6.02. The van der Waals surface area contributed by atoms with E-state index in [0.717, 1.165) is 0 Å². The van der Waals surface area contributed by atoms with Crippen LogP contribution in [-0.2, 0) is 9.53 Å². The van der Waals surface area contributed by atoms with Crippen molar-refractivity contribution in [1.82, 2.24) is 4.90 Å². The molecular formula is C16H21FN2O4. The van der Waals surface area contributed by atoms with Crippen LogP contribution in [0, 0.1) is 11.7 Å². The molecule has 0 unspecified atom stereocenters. The smallest absolute Gasteiger partial charge is 0.410 e. The molecular weight excluding hydrogens is 303 g/mol. The summed E-state index contributed by atoms with van der Waals surface area (Å²) in [5.41, 5.74) is 0.424. The largest absolute Gasteiger partial charge is 0.449 e. The van der Waals surface area contributed by atoms with Crippen LogP contribution in [0.5, 0.6) is 0 Å². The highest BCUT2D eigenvalue weighted by molar-refractivity contribution is 5.96. The minimum absolute atomic E-state index is 0.0540. The van der Waals surface area contributed by atoms with Crippen molar-refractivity contribution >= 4 is 17.7 Å². The van der Waals surface area contributed by atoms with E-state index < -0.39 is 30.0 Å². The number of carbonyl (C=O) groups is 2. The third kappa shape index (κ3) is 4.66. The lowest BCUT2D eigenvalue weighted by molar-refractivity contribution is -0.120. The SMILES string of the molecule is CC(C)COC(=O)N1C[C@@H](O)C[C@H]1C(=O)Nc1ccc(F)cc1. The molecule has 6 nitrogen and oxygen atoms in total. The molecule has 1 saturated heterocycles. The van der Waals surface area contributed by atoms with Gasteiger partial charge in [-0.3, -0.25) is 9.69 Å². The molecule has 0 bridgehead atoms. The maximum Gasteiger partial charge on any atom is 0.410 e. The van der Waals surface area contributed by atoms with Crippen molar-refractivity contribution < 1.29 is 23.8 Å². The summed E-state index contributed by atoms with van der Waals surface area (Å²) in [4.78, 5) is 25.6. The average molecular weight is 324 g/mol. The van der Waals surface area contributed by atoms with E-state index in [1.54, 1.807) is 0 Å². The third-order valence-electron chi connectivity index (χ3n) is 3.47. The topological polar surface area (TPSA) is 78.9 Å². The fourth-order valence-corrected chi connectivity index (χ4v) is 2.34. The molecule has 0 aromatic heterocycles. The number of carbonyl (C=O) groups excluding carboxylic acids is 2. The molecule has 1 fully saturated rings. The van der Waals surface area contributed by atoms with Gasteiger partial charge in [-0.15, -0.1) is 0 Å². The molecule has 1 aromatic rings. The van der Waals surface area contributed by atoms with Gasteiger partial charge >= 0.3 is 6.09 Å². The van der Waals surface area contributed by atoms with Gasteiger partial charge in [-0.1, -0.05) is 13.8 Å². The minimum atomic E-state index is -0.810. The monoisotopic (exact) mass is 324 g/mol. The van der Waals surface area contributed by atoms with E-state index >= 15 is 0 Å². The van der Waals surface area contributed by atoms with Gasteiger partial charge in [-0.2, -0.15) is 0 Å². The number of benzene rings is 1. The number of rotatable bonds is 4. The Bertz CT molecular complexity index is 562. The number of likely N-dealkylation sites (tertiary alicyclic amines) is 1. The summed E-state index contributed by atoms with van der Waals surface area (Å²) in [6.45, 7) is 4.12. The quantitative estimate of drug-likeness (QED) is 0.888. The number of aliphatic hydroxyl groups excluding tert-OH is 1. The van der Waals surface area contributed by atoms with Crippen LogP contribution in [-0.4, -0.2) is 47.3 Å². The molecule has 2 atom stereocenters. The lowest BCUT2D eigenvalue weighted by Gasteiger charge is -2.23. The summed E-state index contributed by atoms with van der Waals surface area (Å²) in [5.74, 6) is -0.661. The highest BCUT2D eigenvalue weighted by atomic mass is 19.1. The molecule has 0 radical (unpaired) electrons. The second-order valence-corrected chi connectivity index (χ2v) is 6.02. The highest BCUT2D eigenvalue weighted by Crippen LogP contribution is 2.21. The van der Waals surface area contributed by atoms with Crippen LogP contribution in [0.4, 0.5) is 14.9 Å². The molecule has 1 aliphatic heterocycles. The molecule has 23 heavy (non-hydrogen) atoms. The maximum atomic E-state index is 12.9. The number of hydrogen-bond donors (Lipinski definition) is 2. The normalized spacial score (nSPS) is 20.7. The predicted molar refractivity (Wildman–Crippen MR) is 82.3 cm³/mol. The predicted octanol–water partition coefficient (Wildman–Crippen LogP) is 1.99. The molecule has 2 amide bonds. The summed E-state index contributed by atoms with van der Waals surface area (Å²) in [5, 5.41) is 12.4. The minimum Gasteiger partial charge on any atom is -0.449 e. The van der Waals surface area contributed by atoms with E-state index in [9.17, 15) is 19.1 Å². The van der Waals surface area contributed by atoms with Gasteiger partial charge in [-0.05, 0) is 30.2 Å². The standard InChI is InChI=1S/C16H21FN2O4/c1-10(2)9-23-16(22)19-8-13(20)7-14(19)15(21)18-12-5-3-11(17)4-6-12/h3-6,10,13-14,20H,7-9H2,1-2H3,(H,18,21)/t13-,14-/m0/s1. The first-order chi connectivity index (χ1) is 10.9. The number of nitrogens with one attached hydrogen (secondary N) is 1. The zero-order chi connectivity index (χ0) is 17.0. The molecule has 1 heterocycles. The molecule has 1 aliphatic rings. The molecule has 0 aliphatic carbocycles. The molecule has 0 saturated carbocycles. The van der Waals surface area contributed by atoms with Crippen molar-refractivity contribution in [2.24, 2.45) is 5.92 Å². The van der Waals surface area contributed by atoms with Crippen LogP contribution in [0.3, 0.4) is 0 Å². The molecule has 2 N–H and O–H groups in total. The summed E-state index contributed by atoms with van der Waals surface area (Å²) in [6.07, 6.45) is -1.25. The molecule has 7 heteroatoms. The van der Waals surface area contributed by atoms with Crippen molar-refractivity contribution in [3.05, 3.63) is 30.1 Å². The number of anilines is 1. The summed E-state index contributed by atoms with van der Waals surface area (Å²) in [7, 11) is 0. The number of halogens is 1. The lowest BCUT2D eigenvalue weighted by atomic mass is 10.2. The van der Waals surface area contributed by atoms with Gasteiger partial charge in [0.1, 0.15) is 11.9 Å². The summed E-state index contributed by atoms with van der Waals surface area (Å²) in [6, 6.07) is 4.51. The number of nitrogens with zero attached hydrogens (tertiary/aromatic N) is 1. The number of amides is 2. The summed E-state index contributed by atoms with van der Waals surface area (Å²) < 4.78 is 18.0. The Labute approximate surface area is 134 Å². The van der Waals surface area contributed by atoms with E-state index in [2.05, 4.69) is 5.32 Å².